The fourth-order valence-electron chi connectivity index (χ4n) is 3.63. The zero-order valence-electron chi connectivity index (χ0n) is 16.2. The Bertz CT molecular complexity index is 1590. The topological polar surface area (TPSA) is 124 Å². The number of pyridine rings is 1. The second-order valence-corrected chi connectivity index (χ2v) is 6.68. The minimum atomic E-state index is -0.589. The van der Waals surface area contributed by atoms with Gasteiger partial charge in [0.25, 0.3) is 5.56 Å². The molecule has 148 valence electrons. The first-order chi connectivity index (χ1) is 15.2. The Hall–Kier alpha value is -4.89. The number of hydrogen-bond acceptors (Lipinski definition) is 6. The van der Waals surface area contributed by atoms with Crippen molar-refractivity contribution in [2.45, 2.75) is 0 Å². The second kappa shape index (κ2) is 6.87. The van der Waals surface area contributed by atoms with Gasteiger partial charge < -0.3 is 4.74 Å². The first kappa shape index (κ1) is 18.2. The molecule has 0 saturated heterocycles. The van der Waals surface area contributed by atoms with Gasteiger partial charge in [-0.1, -0.05) is 42.5 Å². The highest BCUT2D eigenvalue weighted by Gasteiger charge is 2.25. The van der Waals surface area contributed by atoms with Crippen LogP contribution in [0.4, 0.5) is 0 Å². The molecule has 1 N–H and O–H groups in total. The molecule has 3 heterocycles. The van der Waals surface area contributed by atoms with Crippen LogP contribution in [0.3, 0.4) is 0 Å². The number of ether oxygens (including phenoxy) is 1. The minimum Gasteiger partial charge on any atom is -0.497 e. The van der Waals surface area contributed by atoms with Crippen molar-refractivity contribution in [2.75, 3.05) is 7.11 Å². The maximum Gasteiger partial charge on any atom is 0.290 e. The molecule has 31 heavy (non-hydrogen) atoms. The van der Waals surface area contributed by atoms with Crippen LogP contribution in [0.1, 0.15) is 11.1 Å². The van der Waals surface area contributed by atoms with Gasteiger partial charge in [-0.25, -0.2) is 5.10 Å². The standard InChI is InChI=1S/C22H13N7O2/c1-31-15-9-7-13(8-10-15)18-16(11-23)20-25-22-27-26-19(14-5-3-2-4-6-14)29(22)28(20)21(30)17(18)12-24/h2-10H,1H3,(H,25,27). The summed E-state index contributed by atoms with van der Waals surface area (Å²) in [6.45, 7) is 0. The summed E-state index contributed by atoms with van der Waals surface area (Å²) in [6, 6.07) is 20.2. The molecule has 3 aromatic heterocycles. The number of H-pyrrole nitrogens is 1. The average molecular weight is 407 g/mol. The summed E-state index contributed by atoms with van der Waals surface area (Å²) >= 11 is 0. The minimum absolute atomic E-state index is 0.123. The van der Waals surface area contributed by atoms with E-state index in [1.54, 1.807) is 31.4 Å². The third kappa shape index (κ3) is 2.58. The van der Waals surface area contributed by atoms with Crippen molar-refractivity contribution in [3.63, 3.8) is 0 Å². The molecule has 5 rings (SSSR count). The van der Waals surface area contributed by atoms with Gasteiger partial charge >= 0.3 is 0 Å². The molecule has 0 amide bonds. The smallest absolute Gasteiger partial charge is 0.290 e. The molecule has 0 atom stereocenters. The molecule has 0 aliphatic heterocycles. The molecular formula is C22H13N7O2. The molecule has 9 nitrogen and oxygen atoms in total. The summed E-state index contributed by atoms with van der Waals surface area (Å²) < 4.78 is 7.87. The zero-order chi connectivity index (χ0) is 21.5. The fraction of sp³-hybridized carbons (Fsp3) is 0.0455. The van der Waals surface area contributed by atoms with Crippen LogP contribution in [0.15, 0.2) is 59.4 Å². The van der Waals surface area contributed by atoms with Crippen molar-refractivity contribution in [2.24, 2.45) is 0 Å². The molecule has 2 aromatic carbocycles. The van der Waals surface area contributed by atoms with Crippen LogP contribution in [0, 0.1) is 22.7 Å². The van der Waals surface area contributed by atoms with E-state index in [1.165, 1.54) is 9.03 Å². The van der Waals surface area contributed by atoms with Gasteiger partial charge in [0.15, 0.2) is 11.5 Å². The van der Waals surface area contributed by atoms with E-state index in [2.05, 4.69) is 21.3 Å². The number of benzene rings is 2. The van der Waals surface area contributed by atoms with Crippen LogP contribution in [0.25, 0.3) is 33.9 Å². The molecule has 0 fully saturated rings. The molecule has 5 aromatic rings. The third-order valence-electron chi connectivity index (χ3n) is 5.04. The quantitative estimate of drug-likeness (QED) is 0.490. The van der Waals surface area contributed by atoms with Gasteiger partial charge in [-0.05, 0) is 17.7 Å². The molecule has 0 aliphatic carbocycles. The van der Waals surface area contributed by atoms with Gasteiger partial charge in [-0.2, -0.15) is 29.6 Å². The van der Waals surface area contributed by atoms with Crippen molar-refractivity contribution in [1.82, 2.24) is 24.2 Å². The number of nitrogens with one attached hydrogen (secondary N) is 1. The second-order valence-electron chi connectivity index (χ2n) is 6.68. The summed E-state index contributed by atoms with van der Waals surface area (Å²) in [5.41, 5.74) is 1.06. The molecule has 0 unspecified atom stereocenters. The van der Waals surface area contributed by atoms with Gasteiger partial charge in [0.2, 0.25) is 5.78 Å². The molecule has 0 radical (unpaired) electrons. The van der Waals surface area contributed by atoms with Crippen LogP contribution >= 0.6 is 0 Å². The Labute approximate surface area is 175 Å². The Morgan fingerprint density at radius 3 is 2.29 bits per heavy atom. The Morgan fingerprint density at radius 2 is 1.65 bits per heavy atom. The van der Waals surface area contributed by atoms with Gasteiger partial charge in [-0.3, -0.25) is 4.79 Å². The summed E-state index contributed by atoms with van der Waals surface area (Å²) in [5, 5.41) is 26.9. The van der Waals surface area contributed by atoms with Crippen molar-refractivity contribution in [3.05, 3.63) is 76.1 Å². The Kier molecular flexibility index (Phi) is 4.02. The number of rotatable bonds is 3. The van der Waals surface area contributed by atoms with E-state index in [4.69, 9.17) is 4.74 Å². The predicted octanol–water partition coefficient (Wildman–Crippen LogP) is 2.76. The molecule has 0 saturated carbocycles. The molecule has 0 aliphatic rings. The maximum atomic E-state index is 13.4. The van der Waals surface area contributed by atoms with E-state index in [0.717, 1.165) is 5.56 Å². The Morgan fingerprint density at radius 1 is 0.935 bits per heavy atom. The highest BCUT2D eigenvalue weighted by Crippen LogP contribution is 2.30. The van der Waals surface area contributed by atoms with Crippen LogP contribution in [-0.4, -0.2) is 31.3 Å². The largest absolute Gasteiger partial charge is 0.497 e. The summed E-state index contributed by atoms with van der Waals surface area (Å²) in [4.78, 5) is 17.8. The number of fused-ring (bicyclic) bond motifs is 3. The predicted molar refractivity (Wildman–Crippen MR) is 111 cm³/mol. The Balaban J connectivity index is 1.91. The van der Waals surface area contributed by atoms with Crippen molar-refractivity contribution < 1.29 is 4.74 Å². The molecular weight excluding hydrogens is 394 g/mol. The highest BCUT2D eigenvalue weighted by molar-refractivity contribution is 5.83. The van der Waals surface area contributed by atoms with E-state index in [0.29, 0.717) is 17.1 Å². The van der Waals surface area contributed by atoms with Gasteiger partial charge in [0.1, 0.15) is 29.0 Å². The maximum absolute atomic E-state index is 13.4. The number of aromatic amines is 1. The number of methoxy groups -OCH3 is 1. The van der Waals surface area contributed by atoms with Gasteiger partial charge in [-0.15, -0.1) is 0 Å². The zero-order valence-corrected chi connectivity index (χ0v) is 16.2. The van der Waals surface area contributed by atoms with E-state index < -0.39 is 5.56 Å². The highest BCUT2D eigenvalue weighted by atomic mass is 16.5. The fourth-order valence-corrected chi connectivity index (χ4v) is 3.63. The van der Waals surface area contributed by atoms with Crippen LogP contribution < -0.4 is 10.3 Å². The van der Waals surface area contributed by atoms with E-state index in [9.17, 15) is 15.3 Å². The van der Waals surface area contributed by atoms with E-state index in [1.807, 2.05) is 36.4 Å². The number of hydrogen-bond donors (Lipinski definition) is 1. The van der Waals surface area contributed by atoms with E-state index >= 15 is 0 Å². The van der Waals surface area contributed by atoms with Crippen molar-refractivity contribution in [1.29, 1.82) is 10.5 Å². The monoisotopic (exact) mass is 407 g/mol. The lowest BCUT2D eigenvalue weighted by atomic mass is 9.97. The van der Waals surface area contributed by atoms with Crippen LogP contribution in [-0.2, 0) is 0 Å². The summed E-state index contributed by atoms with van der Waals surface area (Å²) in [5.74, 6) is 1.33. The number of nitrogens with zero attached hydrogens (tertiary/aromatic N) is 6. The van der Waals surface area contributed by atoms with E-state index in [-0.39, 0.29) is 28.1 Å². The first-order valence-electron chi connectivity index (χ1n) is 9.23. The third-order valence-corrected chi connectivity index (χ3v) is 5.04. The number of aromatic nitrogens is 5. The lowest BCUT2D eigenvalue weighted by Crippen LogP contribution is -2.22. The lowest BCUT2D eigenvalue weighted by Gasteiger charge is -2.09. The first-order valence-corrected chi connectivity index (χ1v) is 9.23. The molecule has 0 bridgehead atoms. The van der Waals surface area contributed by atoms with Gasteiger partial charge in [0.05, 0.1) is 7.11 Å². The molecule has 9 heteroatoms. The van der Waals surface area contributed by atoms with Crippen molar-refractivity contribution in [3.8, 4) is 40.4 Å². The summed E-state index contributed by atoms with van der Waals surface area (Å²) in [6.07, 6.45) is 0. The normalized spacial score (nSPS) is 10.8. The average Bonchev–Trinajstić information content (AvgIpc) is 3.39. The SMILES string of the molecule is COc1ccc(-c2c(C#N)c(=O)n3c(nc4[nH]nc(-c5ccccc5)n43)c2C#N)cc1. The van der Waals surface area contributed by atoms with Crippen LogP contribution in [0.2, 0.25) is 0 Å². The molecule has 0 spiro atoms. The number of nitriles is 2. The van der Waals surface area contributed by atoms with Crippen LogP contribution in [0.5, 0.6) is 5.75 Å². The van der Waals surface area contributed by atoms with Gasteiger partial charge in [0, 0.05) is 11.1 Å². The summed E-state index contributed by atoms with van der Waals surface area (Å²) in [7, 11) is 1.54. The van der Waals surface area contributed by atoms with Crippen molar-refractivity contribution >= 4 is 11.4 Å². The lowest BCUT2D eigenvalue weighted by molar-refractivity contribution is 0.415.